The first-order valence-corrected chi connectivity index (χ1v) is 13.3. The molecule has 198 valence electrons. The molecule has 9 heteroatoms. The molecule has 1 fully saturated rings. The Kier molecular flexibility index (Phi) is 7.74. The van der Waals surface area contributed by atoms with Gasteiger partial charge in [-0.2, -0.15) is 4.98 Å². The molecule has 1 amide bonds. The molecule has 2 aromatic heterocycles. The second-order valence-corrected chi connectivity index (χ2v) is 9.43. The molecule has 38 heavy (non-hydrogen) atoms. The van der Waals surface area contributed by atoms with Crippen LogP contribution in [0.25, 0.3) is 11.0 Å². The van der Waals surface area contributed by atoms with Gasteiger partial charge in [0.1, 0.15) is 17.1 Å². The predicted octanol–water partition coefficient (Wildman–Crippen LogP) is 5.21. The fourth-order valence-corrected chi connectivity index (χ4v) is 4.94. The topological polar surface area (TPSA) is 96.3 Å². The summed E-state index contributed by atoms with van der Waals surface area (Å²) in [5, 5.41) is 10.6. The first-order chi connectivity index (χ1) is 18.6. The highest BCUT2D eigenvalue weighted by Crippen LogP contribution is 2.29. The lowest BCUT2D eigenvalue weighted by molar-refractivity contribution is 0.101. The average molecular weight is 514 g/mol. The Hall–Kier alpha value is -4.11. The maximum Gasteiger partial charge on any atom is 0.272 e. The summed E-state index contributed by atoms with van der Waals surface area (Å²) < 4.78 is 7.27. The van der Waals surface area contributed by atoms with Crippen molar-refractivity contribution in [2.24, 2.45) is 0 Å². The number of nitrogens with one attached hydrogen (secondary N) is 3. The lowest BCUT2D eigenvalue weighted by atomic mass is 10.1. The zero-order chi connectivity index (χ0) is 26.5. The number of carbonyl (C=O) groups excluding carboxylic acids is 1. The van der Waals surface area contributed by atoms with E-state index in [9.17, 15) is 4.79 Å². The predicted molar refractivity (Wildman–Crippen MR) is 153 cm³/mol. The summed E-state index contributed by atoms with van der Waals surface area (Å²) in [7, 11) is 1.62. The lowest BCUT2D eigenvalue weighted by Gasteiger charge is -2.29. The molecule has 0 saturated carbocycles. The summed E-state index contributed by atoms with van der Waals surface area (Å²) in [4.78, 5) is 25.2. The van der Waals surface area contributed by atoms with Crippen molar-refractivity contribution in [1.82, 2.24) is 19.9 Å². The second kappa shape index (κ2) is 11.5. The van der Waals surface area contributed by atoms with Gasteiger partial charge in [-0.05, 0) is 67.4 Å². The van der Waals surface area contributed by atoms with Gasteiger partial charge in [0.25, 0.3) is 5.91 Å². The fourth-order valence-electron chi connectivity index (χ4n) is 4.94. The molecule has 0 spiro atoms. The number of fused-ring (bicyclic) bond motifs is 1. The van der Waals surface area contributed by atoms with Crippen LogP contribution in [0.3, 0.4) is 0 Å². The Morgan fingerprint density at radius 2 is 1.71 bits per heavy atom. The van der Waals surface area contributed by atoms with E-state index in [2.05, 4.69) is 68.5 Å². The van der Waals surface area contributed by atoms with Crippen LogP contribution in [-0.2, 0) is 0 Å². The van der Waals surface area contributed by atoms with Crippen molar-refractivity contribution >= 4 is 40.0 Å². The third kappa shape index (κ3) is 5.43. The Balaban J connectivity index is 1.41. The number of benzene rings is 2. The molecule has 1 aliphatic heterocycles. The summed E-state index contributed by atoms with van der Waals surface area (Å²) in [6.45, 7) is 8.28. The van der Waals surface area contributed by atoms with Gasteiger partial charge in [0, 0.05) is 60.9 Å². The van der Waals surface area contributed by atoms with Crippen LogP contribution in [0.1, 0.15) is 43.2 Å². The third-order valence-electron chi connectivity index (χ3n) is 7.07. The van der Waals surface area contributed by atoms with Gasteiger partial charge in [-0.15, -0.1) is 0 Å². The summed E-state index contributed by atoms with van der Waals surface area (Å²) in [6.07, 6.45) is 3.54. The smallest absolute Gasteiger partial charge is 0.272 e. The van der Waals surface area contributed by atoms with Crippen LogP contribution in [0.5, 0.6) is 5.75 Å². The maximum atomic E-state index is 13.4. The van der Waals surface area contributed by atoms with E-state index in [0.717, 1.165) is 61.5 Å². The quantitative estimate of drug-likeness (QED) is 0.283. The summed E-state index contributed by atoms with van der Waals surface area (Å²) in [5.41, 5.74) is 4.14. The van der Waals surface area contributed by atoms with E-state index in [1.54, 1.807) is 13.3 Å². The van der Waals surface area contributed by atoms with Crippen molar-refractivity contribution in [3.8, 4) is 5.75 Å². The van der Waals surface area contributed by atoms with Gasteiger partial charge in [0.05, 0.1) is 7.11 Å². The van der Waals surface area contributed by atoms with Crippen LogP contribution in [0.2, 0.25) is 0 Å². The number of aromatic nitrogens is 3. The summed E-state index contributed by atoms with van der Waals surface area (Å²) in [5.74, 6) is 1.06. The molecule has 3 N–H and O–H groups in total. The molecule has 9 nitrogen and oxygen atoms in total. The zero-order valence-electron chi connectivity index (χ0n) is 22.2. The minimum absolute atomic E-state index is 0.130. The molecule has 0 bridgehead atoms. The van der Waals surface area contributed by atoms with E-state index in [1.807, 2.05) is 30.3 Å². The highest BCUT2D eigenvalue weighted by Gasteiger charge is 2.22. The van der Waals surface area contributed by atoms with Gasteiger partial charge >= 0.3 is 0 Å². The number of nitrogens with zero attached hydrogens (tertiary/aromatic N) is 4. The number of amides is 1. The van der Waals surface area contributed by atoms with E-state index in [-0.39, 0.29) is 11.9 Å². The highest BCUT2D eigenvalue weighted by molar-refractivity contribution is 6.06. The molecule has 0 atom stereocenters. The number of hydrogen-bond donors (Lipinski definition) is 3. The minimum atomic E-state index is -0.182. The van der Waals surface area contributed by atoms with E-state index in [0.29, 0.717) is 17.3 Å². The standard InChI is InChI=1S/C29H35N7O2/c1-4-23(5-2)36-26(28(37)32-21-8-12-25(38-3)13-9-21)18-20-19-31-29(34-27(20)36)33-22-6-10-24(11-7-22)35-16-14-30-15-17-35/h6-13,18-19,23,30H,4-5,14-17H2,1-3H3,(H,32,37)(H,31,33,34). The van der Waals surface area contributed by atoms with Gasteiger partial charge in [-0.3, -0.25) is 4.79 Å². The Bertz CT molecular complexity index is 1370. The maximum absolute atomic E-state index is 13.4. The SMILES string of the molecule is CCC(CC)n1c(C(=O)Nc2ccc(OC)cc2)cc2cnc(Nc3ccc(N4CCNCC4)cc3)nc21. The Morgan fingerprint density at radius 3 is 2.37 bits per heavy atom. The Morgan fingerprint density at radius 1 is 1.03 bits per heavy atom. The molecule has 0 radical (unpaired) electrons. The molecular formula is C29H35N7O2. The molecule has 0 unspecified atom stereocenters. The molecule has 1 saturated heterocycles. The second-order valence-electron chi connectivity index (χ2n) is 9.43. The number of hydrogen-bond acceptors (Lipinski definition) is 7. The lowest BCUT2D eigenvalue weighted by Crippen LogP contribution is -2.43. The number of carbonyl (C=O) groups is 1. The van der Waals surface area contributed by atoms with Gasteiger partial charge in [-0.1, -0.05) is 13.8 Å². The largest absolute Gasteiger partial charge is 0.497 e. The first-order valence-electron chi connectivity index (χ1n) is 13.3. The van der Waals surface area contributed by atoms with Crippen molar-refractivity contribution in [3.05, 3.63) is 66.5 Å². The van der Waals surface area contributed by atoms with E-state index in [4.69, 9.17) is 9.72 Å². The van der Waals surface area contributed by atoms with Gasteiger partial charge < -0.3 is 30.2 Å². The van der Waals surface area contributed by atoms with Crippen molar-refractivity contribution in [2.75, 3.05) is 48.8 Å². The van der Waals surface area contributed by atoms with E-state index >= 15 is 0 Å². The Labute approximate surface area is 223 Å². The normalized spacial score (nSPS) is 13.6. The number of ether oxygens (including phenoxy) is 1. The molecule has 0 aliphatic carbocycles. The van der Waals surface area contributed by atoms with Crippen molar-refractivity contribution in [1.29, 1.82) is 0 Å². The number of anilines is 4. The average Bonchev–Trinajstić information content (AvgIpc) is 3.34. The van der Waals surface area contributed by atoms with Crippen LogP contribution in [-0.4, -0.2) is 53.7 Å². The molecule has 1 aliphatic rings. The van der Waals surface area contributed by atoms with Gasteiger partial charge in [0.2, 0.25) is 5.95 Å². The number of rotatable bonds is 9. The fraction of sp³-hybridized carbons (Fsp3) is 0.345. The van der Waals surface area contributed by atoms with Crippen LogP contribution >= 0.6 is 0 Å². The highest BCUT2D eigenvalue weighted by atomic mass is 16.5. The van der Waals surface area contributed by atoms with Crippen LogP contribution in [0.4, 0.5) is 23.0 Å². The molecule has 3 heterocycles. The van der Waals surface area contributed by atoms with Gasteiger partial charge in [0.15, 0.2) is 0 Å². The zero-order valence-corrected chi connectivity index (χ0v) is 22.2. The molecular weight excluding hydrogens is 478 g/mol. The monoisotopic (exact) mass is 513 g/mol. The minimum Gasteiger partial charge on any atom is -0.497 e. The molecule has 5 rings (SSSR count). The third-order valence-corrected chi connectivity index (χ3v) is 7.07. The van der Waals surface area contributed by atoms with Gasteiger partial charge in [-0.25, -0.2) is 4.98 Å². The number of piperazine rings is 1. The van der Waals surface area contributed by atoms with Crippen molar-refractivity contribution in [3.63, 3.8) is 0 Å². The first kappa shape index (κ1) is 25.5. The summed E-state index contributed by atoms with van der Waals surface area (Å²) in [6, 6.07) is 17.7. The van der Waals surface area contributed by atoms with E-state index in [1.165, 1.54) is 5.69 Å². The number of methoxy groups -OCH3 is 1. The van der Waals surface area contributed by atoms with Crippen molar-refractivity contribution < 1.29 is 9.53 Å². The summed E-state index contributed by atoms with van der Waals surface area (Å²) >= 11 is 0. The van der Waals surface area contributed by atoms with Crippen molar-refractivity contribution in [2.45, 2.75) is 32.7 Å². The van der Waals surface area contributed by atoms with Crippen LogP contribution in [0, 0.1) is 0 Å². The molecule has 2 aromatic carbocycles. The van der Waals surface area contributed by atoms with Crippen LogP contribution in [0.15, 0.2) is 60.8 Å². The van der Waals surface area contributed by atoms with Crippen LogP contribution < -0.4 is 25.6 Å². The van der Waals surface area contributed by atoms with E-state index < -0.39 is 0 Å². The molecule has 4 aromatic rings.